The Morgan fingerprint density at radius 3 is 2.36 bits per heavy atom. The van der Waals surface area contributed by atoms with Crippen LogP contribution >= 0.6 is 0 Å². The van der Waals surface area contributed by atoms with Gasteiger partial charge in [0.15, 0.2) is 17.7 Å². The first kappa shape index (κ1) is 38.8. The van der Waals surface area contributed by atoms with E-state index >= 15 is 0 Å². The first-order chi connectivity index (χ1) is 28.2. The highest BCUT2D eigenvalue weighted by Gasteiger charge is 2.53. The molecule has 3 aliphatic carbocycles. The maximum Gasteiger partial charge on any atom is 0.200 e. The summed E-state index contributed by atoms with van der Waals surface area (Å²) < 4.78 is 30.7. The van der Waals surface area contributed by atoms with E-state index < -0.39 is 18.2 Å². The number of phenols is 1. The van der Waals surface area contributed by atoms with E-state index in [0.29, 0.717) is 52.2 Å². The van der Waals surface area contributed by atoms with E-state index in [9.17, 15) is 20.4 Å². The highest BCUT2D eigenvalue weighted by Crippen LogP contribution is 2.61. The monoisotopic (exact) mass is 792 g/mol. The molecule has 0 saturated heterocycles. The van der Waals surface area contributed by atoms with Gasteiger partial charge < -0.3 is 49.4 Å². The fourth-order valence-corrected chi connectivity index (χ4v) is 11.2. The van der Waals surface area contributed by atoms with Gasteiger partial charge in [0.1, 0.15) is 24.0 Å². The van der Waals surface area contributed by atoms with Crippen LogP contribution in [0.2, 0.25) is 0 Å². The number of rotatable bonds is 13. The van der Waals surface area contributed by atoms with Crippen molar-refractivity contribution < 1.29 is 44.1 Å². The van der Waals surface area contributed by atoms with Gasteiger partial charge in [-0.05, 0) is 85.7 Å². The average Bonchev–Trinajstić information content (AvgIpc) is 3.87. The van der Waals surface area contributed by atoms with Crippen LogP contribution in [0.4, 0.5) is 5.69 Å². The largest absolute Gasteiger partial charge is 0.502 e. The highest BCUT2D eigenvalue weighted by atomic mass is 16.5. The van der Waals surface area contributed by atoms with Crippen LogP contribution in [0.25, 0.3) is 11.1 Å². The number of aromatic hydroxyl groups is 1. The molecule has 4 aromatic rings. The van der Waals surface area contributed by atoms with Crippen LogP contribution in [-0.4, -0.2) is 67.7 Å². The maximum absolute atomic E-state index is 12.4. The molecule has 11 nitrogen and oxygen atoms in total. The molecule has 11 heteroatoms. The van der Waals surface area contributed by atoms with Crippen LogP contribution < -0.4 is 34.3 Å². The van der Waals surface area contributed by atoms with Crippen molar-refractivity contribution >= 4 is 5.69 Å². The maximum atomic E-state index is 12.4. The lowest BCUT2D eigenvalue weighted by Crippen LogP contribution is -2.40. The number of fused-ring (bicyclic) bond motifs is 2. The van der Waals surface area contributed by atoms with E-state index in [1.807, 2.05) is 25.1 Å². The van der Waals surface area contributed by atoms with Gasteiger partial charge in [0.05, 0.1) is 39.1 Å². The van der Waals surface area contributed by atoms with E-state index in [4.69, 9.17) is 23.7 Å². The molecule has 2 saturated carbocycles. The molecule has 2 aliphatic heterocycles. The minimum atomic E-state index is -1.03. The van der Waals surface area contributed by atoms with Crippen molar-refractivity contribution in [1.29, 1.82) is 0 Å². The zero-order valence-electron chi connectivity index (χ0n) is 33.7. The van der Waals surface area contributed by atoms with Crippen molar-refractivity contribution in [2.75, 3.05) is 52.6 Å². The predicted octanol–water partition coefficient (Wildman–Crippen LogP) is 7.42. The van der Waals surface area contributed by atoms with Gasteiger partial charge in [-0.1, -0.05) is 50.1 Å². The number of hydrogen-bond donors (Lipinski definition) is 6. The third kappa shape index (κ3) is 6.33. The van der Waals surface area contributed by atoms with E-state index in [1.54, 1.807) is 19.2 Å². The van der Waals surface area contributed by atoms with Crippen molar-refractivity contribution in [3.05, 3.63) is 88.0 Å². The average molecular weight is 793 g/mol. The summed E-state index contributed by atoms with van der Waals surface area (Å²) in [6.07, 6.45) is 7.37. The van der Waals surface area contributed by atoms with E-state index in [1.165, 1.54) is 38.4 Å². The lowest BCUT2D eigenvalue weighted by molar-refractivity contribution is 0.0848. The number of aliphatic hydroxyl groups is 3. The second-order valence-corrected chi connectivity index (χ2v) is 17.0. The first-order valence-electron chi connectivity index (χ1n) is 21.0. The molecule has 0 aromatic heterocycles. The fourth-order valence-electron chi connectivity index (χ4n) is 11.2. The number of nitrogens with one attached hydrogen (secondary N) is 2. The van der Waals surface area contributed by atoms with Crippen LogP contribution in [0.3, 0.4) is 0 Å². The Balaban J connectivity index is 1.05. The zero-order valence-corrected chi connectivity index (χ0v) is 33.7. The summed E-state index contributed by atoms with van der Waals surface area (Å²) in [7, 11) is 3.15. The Labute approximate surface area is 340 Å². The van der Waals surface area contributed by atoms with Crippen LogP contribution in [0.1, 0.15) is 103 Å². The predicted molar refractivity (Wildman–Crippen MR) is 220 cm³/mol. The Bertz CT molecular complexity index is 2170. The van der Waals surface area contributed by atoms with E-state index in [0.717, 1.165) is 53.7 Å². The number of phenolic OH excluding ortho intramolecular Hbond substituents is 1. The van der Waals surface area contributed by atoms with Gasteiger partial charge in [-0.15, -0.1) is 0 Å². The third-order valence-corrected chi connectivity index (χ3v) is 14.1. The summed E-state index contributed by atoms with van der Waals surface area (Å²) in [6.45, 7) is 3.32. The van der Waals surface area contributed by atoms with Crippen LogP contribution in [0.5, 0.6) is 34.5 Å². The molecule has 0 unspecified atom stereocenters. The van der Waals surface area contributed by atoms with Gasteiger partial charge in [0.2, 0.25) is 5.75 Å². The molecule has 9 rings (SSSR count). The molecule has 0 radical (unpaired) electrons. The van der Waals surface area contributed by atoms with E-state index in [2.05, 4.69) is 34.9 Å². The molecule has 6 N–H and O–H groups in total. The number of ether oxygens (including phenoxy) is 5. The molecule has 5 aliphatic rings. The Morgan fingerprint density at radius 1 is 0.862 bits per heavy atom. The molecule has 5 atom stereocenters. The smallest absolute Gasteiger partial charge is 0.200 e. The summed E-state index contributed by atoms with van der Waals surface area (Å²) in [6, 6.07) is 17.8. The SMILES string of the molecule is CCNCOc1cc(OC)c2c3c1[C@@H](O)Nc1cc4c(c(c1-3)CC2)[C@@H](O)[C@H](c1cc(OC)c(O)c(OC[C@@H](CO)[C@]2(c3ccccc3)CCC3(CCCC3)C2)c1)CO4. The molecule has 2 fully saturated rings. The zero-order chi connectivity index (χ0) is 40.2. The number of anilines is 1. The van der Waals surface area contributed by atoms with Crippen LogP contribution in [0.15, 0.2) is 54.6 Å². The topological polar surface area (TPSA) is 151 Å². The molecule has 0 bridgehead atoms. The molecule has 0 amide bonds. The van der Waals surface area contributed by atoms with Crippen molar-refractivity contribution in [1.82, 2.24) is 5.32 Å². The number of aliphatic hydroxyl groups excluding tert-OH is 3. The van der Waals surface area contributed by atoms with Gasteiger partial charge in [-0.2, -0.15) is 0 Å². The van der Waals surface area contributed by atoms with E-state index in [-0.39, 0.29) is 55.1 Å². The third-order valence-electron chi connectivity index (χ3n) is 14.1. The second kappa shape index (κ2) is 15.5. The van der Waals surface area contributed by atoms with Crippen molar-refractivity contribution in [2.24, 2.45) is 11.3 Å². The summed E-state index contributed by atoms with van der Waals surface area (Å²) in [5, 5.41) is 52.8. The van der Waals surface area contributed by atoms with Crippen molar-refractivity contribution in [2.45, 2.75) is 88.4 Å². The molecule has 1 spiro atoms. The minimum absolute atomic E-state index is 0.0481. The van der Waals surface area contributed by atoms with Gasteiger partial charge in [-0.3, -0.25) is 5.32 Å². The van der Waals surface area contributed by atoms with Gasteiger partial charge >= 0.3 is 0 Å². The molecule has 2 heterocycles. The van der Waals surface area contributed by atoms with Crippen LogP contribution in [0, 0.1) is 11.3 Å². The molecule has 58 heavy (non-hydrogen) atoms. The Kier molecular flexibility index (Phi) is 10.4. The fraction of sp³-hybridized carbons (Fsp3) is 0.489. The van der Waals surface area contributed by atoms with Gasteiger partial charge in [0.25, 0.3) is 0 Å². The highest BCUT2D eigenvalue weighted by molar-refractivity contribution is 5.93. The summed E-state index contributed by atoms with van der Waals surface area (Å²) in [4.78, 5) is 0. The molecule has 4 aromatic carbocycles. The molecular weight excluding hydrogens is 737 g/mol. The summed E-state index contributed by atoms with van der Waals surface area (Å²) in [5.41, 5.74) is 7.74. The summed E-state index contributed by atoms with van der Waals surface area (Å²) >= 11 is 0. The number of hydrogen-bond acceptors (Lipinski definition) is 11. The number of benzene rings is 4. The molecular formula is C47H56N2O9. The Hall–Kier alpha value is -4.68. The van der Waals surface area contributed by atoms with Crippen LogP contribution in [-0.2, 0) is 18.3 Å². The lowest BCUT2D eigenvalue weighted by atomic mass is 9.67. The molecule has 308 valence electrons. The van der Waals surface area contributed by atoms with Crippen molar-refractivity contribution in [3.8, 4) is 45.6 Å². The quantitative estimate of drug-likeness (QED) is 0.0593. The number of methoxy groups -OCH3 is 2. The van der Waals surface area contributed by atoms with Gasteiger partial charge in [-0.25, -0.2) is 0 Å². The lowest BCUT2D eigenvalue weighted by Gasteiger charge is -2.39. The first-order valence-corrected chi connectivity index (χ1v) is 21.0. The second-order valence-electron chi connectivity index (χ2n) is 17.0. The standard InChI is InChI=1S/C47H56N2O9/c1-4-48-26-58-36-21-34(54-2)30-12-13-31-39-33(49-45(53)42(36)41(30)39)20-35-40(31)43(51)32(24-57-35)27-18-37(55-3)44(52)38(19-27)56-23-29(22-50)47(28-10-6-5-7-11-28)17-16-46(25-47)14-8-9-15-46/h5-7,10-11,18-21,29,32,43,45,48-53H,4,8-9,12-17,22-26H2,1-3H3/t29-,32+,43+,45-,47-/m1/s1. The summed E-state index contributed by atoms with van der Waals surface area (Å²) in [5.74, 6) is 1.40. The van der Waals surface area contributed by atoms with Gasteiger partial charge in [0, 0.05) is 63.9 Å². The normalized spacial score (nSPS) is 24.0. The minimum Gasteiger partial charge on any atom is -0.502 e. The van der Waals surface area contributed by atoms with Crippen molar-refractivity contribution in [3.63, 3.8) is 0 Å². The Morgan fingerprint density at radius 2 is 1.62 bits per heavy atom.